The Morgan fingerprint density at radius 3 is 2.66 bits per heavy atom. The molecular formula is C21H25ClN2O4S. The van der Waals surface area contributed by atoms with Crippen molar-refractivity contribution in [3.8, 4) is 5.75 Å². The van der Waals surface area contributed by atoms with Crippen molar-refractivity contribution in [3.05, 3.63) is 58.6 Å². The number of carbonyl (C=O) groups excluding carboxylic acids is 1. The zero-order valence-corrected chi connectivity index (χ0v) is 18.1. The van der Waals surface area contributed by atoms with E-state index in [2.05, 4.69) is 5.32 Å². The van der Waals surface area contributed by atoms with Crippen LogP contribution in [0.2, 0.25) is 5.02 Å². The Morgan fingerprint density at radius 1 is 1.24 bits per heavy atom. The molecule has 1 amide bonds. The number of benzene rings is 2. The fraction of sp³-hybridized carbons (Fsp3) is 0.381. The maximum absolute atomic E-state index is 12.9. The smallest absolute Gasteiger partial charge is 0.228 e. The second-order valence-electron chi connectivity index (χ2n) is 7.27. The average Bonchev–Trinajstić information content (AvgIpc) is 2.70. The monoisotopic (exact) mass is 436 g/mol. The van der Waals surface area contributed by atoms with Gasteiger partial charge in [-0.2, -0.15) is 0 Å². The molecule has 1 atom stereocenters. The quantitative estimate of drug-likeness (QED) is 0.746. The summed E-state index contributed by atoms with van der Waals surface area (Å²) in [7, 11) is -1.97. The van der Waals surface area contributed by atoms with Crippen LogP contribution in [0.3, 0.4) is 0 Å². The molecule has 6 nitrogen and oxygen atoms in total. The summed E-state index contributed by atoms with van der Waals surface area (Å²) in [5.74, 6) is -0.134. The van der Waals surface area contributed by atoms with Crippen LogP contribution in [-0.2, 0) is 20.6 Å². The predicted octanol–water partition coefficient (Wildman–Crippen LogP) is 3.84. The highest BCUT2D eigenvalue weighted by Crippen LogP contribution is 2.28. The fourth-order valence-electron chi connectivity index (χ4n) is 3.45. The first kappa shape index (κ1) is 21.6. The van der Waals surface area contributed by atoms with Gasteiger partial charge in [0.05, 0.1) is 24.5 Å². The molecule has 1 fully saturated rings. The highest BCUT2D eigenvalue weighted by molar-refractivity contribution is 7.88. The second kappa shape index (κ2) is 9.15. The molecule has 3 rings (SSSR count). The number of hydrogen-bond donors (Lipinski definition) is 1. The van der Waals surface area contributed by atoms with Crippen molar-refractivity contribution < 1.29 is 17.9 Å². The average molecular weight is 437 g/mol. The molecule has 1 unspecified atom stereocenters. The number of anilines is 1. The molecule has 0 radical (unpaired) electrons. The van der Waals surface area contributed by atoms with Gasteiger partial charge in [-0.15, -0.1) is 0 Å². The SMILES string of the molecule is COc1ccc(C)cc1NC(=O)C1CCCN(S(=O)(=O)Cc2ccc(Cl)cc2)C1. The van der Waals surface area contributed by atoms with Crippen LogP contribution in [0.25, 0.3) is 0 Å². The summed E-state index contributed by atoms with van der Waals surface area (Å²) in [5.41, 5.74) is 2.26. The third-order valence-corrected chi connectivity index (χ3v) is 7.09. The van der Waals surface area contributed by atoms with Gasteiger partial charge >= 0.3 is 0 Å². The van der Waals surface area contributed by atoms with Gasteiger partial charge in [-0.25, -0.2) is 12.7 Å². The third-order valence-electron chi connectivity index (χ3n) is 5.02. The molecule has 156 valence electrons. The molecule has 1 heterocycles. The van der Waals surface area contributed by atoms with Crippen LogP contribution in [0.5, 0.6) is 5.75 Å². The maximum atomic E-state index is 12.9. The molecule has 0 saturated carbocycles. The van der Waals surface area contributed by atoms with Gasteiger partial charge in [-0.1, -0.05) is 29.8 Å². The van der Waals surface area contributed by atoms with Crippen LogP contribution in [0.4, 0.5) is 5.69 Å². The van der Waals surface area contributed by atoms with E-state index in [1.807, 2.05) is 19.1 Å². The van der Waals surface area contributed by atoms with E-state index in [-0.39, 0.29) is 18.2 Å². The topological polar surface area (TPSA) is 75.7 Å². The predicted molar refractivity (Wildman–Crippen MR) is 115 cm³/mol. The molecule has 0 bridgehead atoms. The van der Waals surface area contributed by atoms with Gasteiger partial charge in [0.25, 0.3) is 0 Å². The van der Waals surface area contributed by atoms with E-state index in [9.17, 15) is 13.2 Å². The highest BCUT2D eigenvalue weighted by Gasteiger charge is 2.32. The van der Waals surface area contributed by atoms with Crippen molar-refractivity contribution in [2.24, 2.45) is 5.92 Å². The fourth-order valence-corrected chi connectivity index (χ4v) is 5.18. The minimum Gasteiger partial charge on any atom is -0.495 e. The molecule has 0 aliphatic carbocycles. The standard InChI is InChI=1S/C21H25ClN2O4S/c1-15-5-10-20(28-2)19(12-15)23-21(25)17-4-3-11-24(13-17)29(26,27)14-16-6-8-18(22)9-7-16/h5-10,12,17H,3-4,11,13-14H2,1-2H3,(H,23,25). The van der Waals surface area contributed by atoms with Crippen LogP contribution in [0.1, 0.15) is 24.0 Å². The number of methoxy groups -OCH3 is 1. The Morgan fingerprint density at radius 2 is 1.97 bits per heavy atom. The molecule has 1 N–H and O–H groups in total. The summed E-state index contributed by atoms with van der Waals surface area (Å²) in [6.45, 7) is 2.53. The van der Waals surface area contributed by atoms with E-state index in [1.165, 1.54) is 4.31 Å². The lowest BCUT2D eigenvalue weighted by atomic mass is 9.98. The number of carbonyl (C=O) groups is 1. The zero-order chi connectivity index (χ0) is 21.0. The molecule has 1 saturated heterocycles. The van der Waals surface area contributed by atoms with Crippen LogP contribution >= 0.6 is 11.6 Å². The molecule has 2 aromatic carbocycles. The van der Waals surface area contributed by atoms with Gasteiger partial charge < -0.3 is 10.1 Å². The Bertz CT molecular complexity index is 977. The van der Waals surface area contributed by atoms with E-state index in [4.69, 9.17) is 16.3 Å². The van der Waals surface area contributed by atoms with Gasteiger partial charge in [-0.05, 0) is 55.2 Å². The molecule has 0 spiro atoms. The molecular weight excluding hydrogens is 412 g/mol. The first-order valence-corrected chi connectivity index (χ1v) is 11.4. The van der Waals surface area contributed by atoms with E-state index < -0.39 is 15.9 Å². The van der Waals surface area contributed by atoms with Crippen LogP contribution in [0, 0.1) is 12.8 Å². The number of piperidine rings is 1. The van der Waals surface area contributed by atoms with Crippen LogP contribution in [0.15, 0.2) is 42.5 Å². The Balaban J connectivity index is 1.69. The van der Waals surface area contributed by atoms with Gasteiger partial charge in [-0.3, -0.25) is 4.79 Å². The number of halogens is 1. The number of hydrogen-bond acceptors (Lipinski definition) is 4. The van der Waals surface area contributed by atoms with Gasteiger partial charge in [0.15, 0.2) is 0 Å². The lowest BCUT2D eigenvalue weighted by Gasteiger charge is -2.31. The van der Waals surface area contributed by atoms with Crippen molar-refractivity contribution in [1.29, 1.82) is 0 Å². The third kappa shape index (κ3) is 5.50. The first-order valence-electron chi connectivity index (χ1n) is 9.46. The molecule has 29 heavy (non-hydrogen) atoms. The van der Waals surface area contributed by atoms with Crippen molar-refractivity contribution in [1.82, 2.24) is 4.31 Å². The Kier molecular flexibility index (Phi) is 6.82. The van der Waals surface area contributed by atoms with E-state index in [0.717, 1.165) is 5.56 Å². The van der Waals surface area contributed by atoms with E-state index in [1.54, 1.807) is 37.4 Å². The second-order valence-corrected chi connectivity index (χ2v) is 9.68. The minimum absolute atomic E-state index is 0.107. The summed E-state index contributed by atoms with van der Waals surface area (Å²) in [6, 6.07) is 12.3. The van der Waals surface area contributed by atoms with Gasteiger partial charge in [0, 0.05) is 18.1 Å². The van der Waals surface area contributed by atoms with Crippen LogP contribution in [-0.4, -0.2) is 38.8 Å². The molecule has 2 aromatic rings. The lowest BCUT2D eigenvalue weighted by Crippen LogP contribution is -2.44. The zero-order valence-electron chi connectivity index (χ0n) is 16.5. The Hall–Kier alpha value is -2.09. The van der Waals surface area contributed by atoms with Crippen molar-refractivity contribution in [2.75, 3.05) is 25.5 Å². The lowest BCUT2D eigenvalue weighted by molar-refractivity contribution is -0.120. The molecule has 0 aromatic heterocycles. The highest BCUT2D eigenvalue weighted by atomic mass is 35.5. The number of aryl methyl sites for hydroxylation is 1. The van der Waals surface area contributed by atoms with Crippen LogP contribution < -0.4 is 10.1 Å². The minimum atomic E-state index is -3.52. The number of ether oxygens (including phenoxy) is 1. The summed E-state index contributed by atoms with van der Waals surface area (Å²) in [4.78, 5) is 12.8. The summed E-state index contributed by atoms with van der Waals surface area (Å²) >= 11 is 5.87. The van der Waals surface area contributed by atoms with E-state index >= 15 is 0 Å². The summed E-state index contributed by atoms with van der Waals surface area (Å²) in [5, 5.41) is 3.46. The van der Waals surface area contributed by atoms with Crippen molar-refractivity contribution in [2.45, 2.75) is 25.5 Å². The largest absolute Gasteiger partial charge is 0.495 e. The van der Waals surface area contributed by atoms with Gasteiger partial charge in [0.2, 0.25) is 15.9 Å². The molecule has 1 aliphatic heterocycles. The maximum Gasteiger partial charge on any atom is 0.228 e. The summed E-state index contributed by atoms with van der Waals surface area (Å²) < 4.78 is 32.4. The molecule has 1 aliphatic rings. The van der Waals surface area contributed by atoms with Gasteiger partial charge in [0.1, 0.15) is 5.75 Å². The Labute approximate surface area is 176 Å². The number of sulfonamides is 1. The van der Waals surface area contributed by atoms with E-state index in [0.29, 0.717) is 41.4 Å². The molecule has 8 heteroatoms. The number of rotatable bonds is 6. The summed E-state index contributed by atoms with van der Waals surface area (Å²) in [6.07, 6.45) is 1.29. The number of nitrogens with zero attached hydrogens (tertiary/aromatic N) is 1. The number of nitrogens with one attached hydrogen (secondary N) is 1. The normalized spacial score (nSPS) is 17.7. The number of amides is 1. The van der Waals surface area contributed by atoms with Crippen molar-refractivity contribution in [3.63, 3.8) is 0 Å². The van der Waals surface area contributed by atoms with Crippen molar-refractivity contribution >= 4 is 33.2 Å². The first-order chi connectivity index (χ1) is 13.8.